The van der Waals surface area contributed by atoms with Crippen LogP contribution in [0.25, 0.3) is 0 Å². The van der Waals surface area contributed by atoms with Crippen molar-refractivity contribution in [2.75, 3.05) is 11.9 Å². The number of rotatable bonds is 6. The summed E-state index contributed by atoms with van der Waals surface area (Å²) in [6.45, 7) is 5.30. The third-order valence-corrected chi connectivity index (χ3v) is 4.02. The topological polar surface area (TPSA) is 37.8 Å². The SMILES string of the molecule is CCc1nnc(NCCC(C)c2ccccc2)s1. The van der Waals surface area contributed by atoms with Crippen LogP contribution >= 0.6 is 11.3 Å². The minimum absolute atomic E-state index is 0.567. The first-order valence-corrected chi connectivity index (χ1v) is 7.22. The van der Waals surface area contributed by atoms with E-state index in [0.29, 0.717) is 5.92 Å². The van der Waals surface area contributed by atoms with Gasteiger partial charge in [-0.25, -0.2) is 0 Å². The number of benzene rings is 1. The molecule has 3 nitrogen and oxygen atoms in total. The van der Waals surface area contributed by atoms with Gasteiger partial charge in [0.15, 0.2) is 0 Å². The van der Waals surface area contributed by atoms with Crippen molar-refractivity contribution in [2.24, 2.45) is 0 Å². The fourth-order valence-corrected chi connectivity index (χ4v) is 2.52. The van der Waals surface area contributed by atoms with E-state index in [0.717, 1.165) is 29.5 Å². The van der Waals surface area contributed by atoms with Crippen molar-refractivity contribution in [1.29, 1.82) is 0 Å². The molecule has 0 aliphatic carbocycles. The molecule has 2 aromatic rings. The van der Waals surface area contributed by atoms with Crippen molar-refractivity contribution < 1.29 is 0 Å². The van der Waals surface area contributed by atoms with Crippen molar-refractivity contribution in [1.82, 2.24) is 10.2 Å². The van der Waals surface area contributed by atoms with Gasteiger partial charge in [0.2, 0.25) is 5.13 Å². The lowest BCUT2D eigenvalue weighted by atomic mass is 9.98. The number of hydrogen-bond acceptors (Lipinski definition) is 4. The molecule has 0 spiro atoms. The Morgan fingerprint density at radius 1 is 1.22 bits per heavy atom. The molecule has 1 unspecified atom stereocenters. The average molecular weight is 261 g/mol. The Morgan fingerprint density at radius 2 is 2.00 bits per heavy atom. The maximum Gasteiger partial charge on any atom is 0.205 e. The fraction of sp³-hybridized carbons (Fsp3) is 0.429. The van der Waals surface area contributed by atoms with Crippen LogP contribution in [0.1, 0.15) is 36.8 Å². The molecule has 0 bridgehead atoms. The largest absolute Gasteiger partial charge is 0.360 e. The van der Waals surface area contributed by atoms with Crippen molar-refractivity contribution in [3.8, 4) is 0 Å². The van der Waals surface area contributed by atoms with E-state index in [4.69, 9.17) is 0 Å². The summed E-state index contributed by atoms with van der Waals surface area (Å²) < 4.78 is 0. The van der Waals surface area contributed by atoms with Gasteiger partial charge in [0, 0.05) is 6.54 Å². The van der Waals surface area contributed by atoms with Crippen LogP contribution in [0.5, 0.6) is 0 Å². The average Bonchev–Trinajstić information content (AvgIpc) is 2.87. The van der Waals surface area contributed by atoms with Gasteiger partial charge in [-0.1, -0.05) is 55.5 Å². The Labute approximate surface area is 112 Å². The lowest BCUT2D eigenvalue weighted by molar-refractivity contribution is 0.705. The summed E-state index contributed by atoms with van der Waals surface area (Å²) in [7, 11) is 0. The Hall–Kier alpha value is -1.42. The minimum atomic E-state index is 0.567. The van der Waals surface area contributed by atoms with Gasteiger partial charge in [0.05, 0.1) is 0 Å². The normalized spacial score (nSPS) is 12.3. The molecule has 96 valence electrons. The van der Waals surface area contributed by atoms with Crippen molar-refractivity contribution in [3.63, 3.8) is 0 Å². The van der Waals surface area contributed by atoms with E-state index in [1.54, 1.807) is 11.3 Å². The van der Waals surface area contributed by atoms with Crippen LogP contribution in [-0.2, 0) is 6.42 Å². The summed E-state index contributed by atoms with van der Waals surface area (Å²) in [6, 6.07) is 10.6. The first kappa shape index (κ1) is 13.0. The predicted molar refractivity (Wildman–Crippen MR) is 77.3 cm³/mol. The summed E-state index contributed by atoms with van der Waals surface area (Å²) in [4.78, 5) is 0. The van der Waals surface area contributed by atoms with Crippen molar-refractivity contribution in [2.45, 2.75) is 32.6 Å². The second-order valence-electron chi connectivity index (χ2n) is 4.38. The molecule has 0 amide bonds. The van der Waals surface area contributed by atoms with E-state index in [2.05, 4.69) is 59.7 Å². The Balaban J connectivity index is 1.78. The molecule has 1 N–H and O–H groups in total. The molecule has 1 heterocycles. The number of nitrogens with zero attached hydrogens (tertiary/aromatic N) is 2. The van der Waals surface area contributed by atoms with Crippen LogP contribution in [0, 0.1) is 0 Å². The van der Waals surface area contributed by atoms with Crippen LogP contribution in [0.3, 0.4) is 0 Å². The summed E-state index contributed by atoms with van der Waals surface area (Å²) in [5.41, 5.74) is 1.39. The van der Waals surface area contributed by atoms with Gasteiger partial charge >= 0.3 is 0 Å². The zero-order chi connectivity index (χ0) is 12.8. The Morgan fingerprint density at radius 3 is 2.67 bits per heavy atom. The van der Waals surface area contributed by atoms with Gasteiger partial charge in [-0.15, -0.1) is 10.2 Å². The highest BCUT2D eigenvalue weighted by molar-refractivity contribution is 7.15. The van der Waals surface area contributed by atoms with E-state index in [1.807, 2.05) is 0 Å². The van der Waals surface area contributed by atoms with E-state index in [1.165, 1.54) is 5.56 Å². The van der Waals surface area contributed by atoms with E-state index in [9.17, 15) is 0 Å². The first-order chi connectivity index (χ1) is 8.79. The molecule has 0 saturated carbocycles. The minimum Gasteiger partial charge on any atom is -0.360 e. The standard InChI is InChI=1S/C14H19N3S/c1-3-13-16-17-14(18-13)15-10-9-11(2)12-7-5-4-6-8-12/h4-8,11H,3,9-10H2,1-2H3,(H,15,17). The van der Waals surface area contributed by atoms with Gasteiger partial charge in [0.1, 0.15) is 5.01 Å². The predicted octanol–water partition coefficient (Wildman–Crippen LogP) is 3.71. The molecule has 0 fully saturated rings. The van der Waals surface area contributed by atoms with Gasteiger partial charge in [-0.2, -0.15) is 0 Å². The smallest absolute Gasteiger partial charge is 0.205 e. The second-order valence-corrected chi connectivity index (χ2v) is 5.44. The maximum absolute atomic E-state index is 4.11. The van der Waals surface area contributed by atoms with Gasteiger partial charge in [0.25, 0.3) is 0 Å². The highest BCUT2D eigenvalue weighted by Gasteiger charge is 2.06. The zero-order valence-corrected chi connectivity index (χ0v) is 11.7. The molecule has 4 heteroatoms. The van der Waals surface area contributed by atoms with Crippen LogP contribution in [0.15, 0.2) is 30.3 Å². The van der Waals surface area contributed by atoms with E-state index < -0.39 is 0 Å². The van der Waals surface area contributed by atoms with Crippen molar-refractivity contribution in [3.05, 3.63) is 40.9 Å². The Kier molecular flexibility index (Phi) is 4.70. The molecule has 0 saturated heterocycles. The fourth-order valence-electron chi connectivity index (χ4n) is 1.81. The monoisotopic (exact) mass is 261 g/mol. The summed E-state index contributed by atoms with van der Waals surface area (Å²) in [5.74, 6) is 0.567. The molecule has 0 aliphatic rings. The number of hydrogen-bond donors (Lipinski definition) is 1. The molecule has 1 aromatic heterocycles. The summed E-state index contributed by atoms with van der Waals surface area (Å²) in [5, 5.41) is 13.6. The molecular weight excluding hydrogens is 242 g/mol. The summed E-state index contributed by atoms with van der Waals surface area (Å²) >= 11 is 1.65. The lowest BCUT2D eigenvalue weighted by Gasteiger charge is -2.11. The number of anilines is 1. The second kappa shape index (κ2) is 6.50. The summed E-state index contributed by atoms with van der Waals surface area (Å²) in [6.07, 6.45) is 2.06. The molecule has 0 radical (unpaired) electrons. The molecule has 1 aromatic carbocycles. The molecular formula is C14H19N3S. The molecule has 2 rings (SSSR count). The maximum atomic E-state index is 4.11. The Bertz CT molecular complexity index is 467. The van der Waals surface area contributed by atoms with Crippen LogP contribution in [-0.4, -0.2) is 16.7 Å². The van der Waals surface area contributed by atoms with Crippen LogP contribution in [0.4, 0.5) is 5.13 Å². The zero-order valence-electron chi connectivity index (χ0n) is 10.9. The highest BCUT2D eigenvalue weighted by atomic mass is 32.1. The lowest BCUT2D eigenvalue weighted by Crippen LogP contribution is -2.05. The number of aryl methyl sites for hydroxylation is 1. The third kappa shape index (κ3) is 3.53. The molecule has 0 aliphatic heterocycles. The third-order valence-electron chi connectivity index (χ3n) is 2.99. The van der Waals surface area contributed by atoms with Crippen LogP contribution < -0.4 is 5.32 Å². The van der Waals surface area contributed by atoms with E-state index in [-0.39, 0.29) is 0 Å². The number of nitrogens with one attached hydrogen (secondary N) is 1. The van der Waals surface area contributed by atoms with Gasteiger partial charge in [-0.05, 0) is 24.3 Å². The number of aromatic nitrogens is 2. The van der Waals surface area contributed by atoms with Crippen LogP contribution in [0.2, 0.25) is 0 Å². The van der Waals surface area contributed by atoms with Crippen molar-refractivity contribution >= 4 is 16.5 Å². The molecule has 18 heavy (non-hydrogen) atoms. The van der Waals surface area contributed by atoms with E-state index >= 15 is 0 Å². The quantitative estimate of drug-likeness (QED) is 0.861. The van der Waals surface area contributed by atoms with Gasteiger partial charge in [-0.3, -0.25) is 0 Å². The van der Waals surface area contributed by atoms with Gasteiger partial charge < -0.3 is 5.32 Å². The highest BCUT2D eigenvalue weighted by Crippen LogP contribution is 2.20. The molecule has 1 atom stereocenters. The first-order valence-electron chi connectivity index (χ1n) is 6.40.